The summed E-state index contributed by atoms with van der Waals surface area (Å²) in [7, 11) is 4.42. The van der Waals surface area contributed by atoms with Crippen LogP contribution in [0.15, 0.2) is 97.6 Å². The van der Waals surface area contributed by atoms with E-state index in [1.54, 1.807) is 0 Å². The molecule has 174 valence electrons. The molecule has 0 saturated heterocycles. The Balaban J connectivity index is 1.38. The van der Waals surface area contributed by atoms with Crippen molar-refractivity contribution in [2.24, 2.45) is 0 Å². The zero-order chi connectivity index (χ0) is 23.7. The van der Waals surface area contributed by atoms with Gasteiger partial charge in [-0.2, -0.15) is 0 Å². The Morgan fingerprint density at radius 2 is 0.735 bits per heavy atom. The topological polar surface area (TPSA) is 51.6 Å². The van der Waals surface area contributed by atoms with Gasteiger partial charge >= 0.3 is 0 Å². The zero-order valence-electron chi connectivity index (χ0n) is 20.2. The summed E-state index contributed by atoms with van der Waals surface area (Å²) in [4.78, 5) is 18.6. The van der Waals surface area contributed by atoms with Crippen LogP contribution in [0.4, 0.5) is 23.3 Å². The Hall–Kier alpha value is -3.48. The van der Waals surface area contributed by atoms with Gasteiger partial charge in [0.1, 0.15) is 0 Å². The molecule has 0 unspecified atom stereocenters. The normalized spacial score (nSPS) is 11.9. The molecule has 0 aliphatic heterocycles. The third-order valence-corrected chi connectivity index (χ3v) is 6.58. The highest BCUT2D eigenvalue weighted by atomic mass is 15.4. The van der Waals surface area contributed by atoms with Crippen molar-refractivity contribution in [1.29, 1.82) is 0 Å². The predicted octanol–water partition coefficient (Wildman–Crippen LogP) is 6.06. The van der Waals surface area contributed by atoms with E-state index in [0.29, 0.717) is 8.97 Å². The summed E-state index contributed by atoms with van der Waals surface area (Å²) in [5, 5.41) is 0. The third-order valence-electron chi connectivity index (χ3n) is 6.58. The molecule has 0 aliphatic carbocycles. The molecule has 6 nitrogen and oxygen atoms in total. The molecular formula is C28H34N6+2. The van der Waals surface area contributed by atoms with Crippen LogP contribution in [0.5, 0.6) is 0 Å². The van der Waals surface area contributed by atoms with Gasteiger partial charge in [-0.1, -0.05) is 24.3 Å². The van der Waals surface area contributed by atoms with E-state index in [1.165, 1.54) is 0 Å². The lowest BCUT2D eigenvalue weighted by Gasteiger charge is -2.31. The van der Waals surface area contributed by atoms with Gasteiger partial charge in [-0.15, -0.1) is 0 Å². The lowest BCUT2D eigenvalue weighted by molar-refractivity contribution is 0.393. The number of hydrogen-bond donors (Lipinski definition) is 0. The Kier molecular flexibility index (Phi) is 7.72. The molecule has 0 aliphatic rings. The maximum absolute atomic E-state index is 4.66. The van der Waals surface area contributed by atoms with Gasteiger partial charge in [0.2, 0.25) is 23.3 Å². The number of rotatable bonds is 11. The van der Waals surface area contributed by atoms with Crippen molar-refractivity contribution in [1.82, 2.24) is 28.9 Å². The lowest BCUT2D eigenvalue weighted by Crippen LogP contribution is -2.42. The first-order valence-electron chi connectivity index (χ1n) is 12.0. The van der Waals surface area contributed by atoms with Gasteiger partial charge < -0.3 is 0 Å². The molecule has 34 heavy (non-hydrogen) atoms. The monoisotopic (exact) mass is 454 g/mol. The third kappa shape index (κ3) is 5.35. The maximum Gasteiger partial charge on any atom is 0.233 e. The van der Waals surface area contributed by atoms with E-state index in [9.17, 15) is 0 Å². The summed E-state index contributed by atoms with van der Waals surface area (Å²) >= 11 is 0. The summed E-state index contributed by atoms with van der Waals surface area (Å²) in [5.41, 5.74) is 0. The summed E-state index contributed by atoms with van der Waals surface area (Å²) in [6.45, 7) is 1.92. The van der Waals surface area contributed by atoms with Crippen LogP contribution in [0.2, 0.25) is 0 Å². The molecule has 0 saturated carbocycles. The van der Waals surface area contributed by atoms with E-state index in [1.807, 2.05) is 49.1 Å². The number of hydrogen-bond acceptors (Lipinski definition) is 4. The van der Waals surface area contributed by atoms with Gasteiger partial charge in [0, 0.05) is 49.1 Å². The fourth-order valence-corrected chi connectivity index (χ4v) is 4.49. The van der Waals surface area contributed by atoms with Crippen molar-refractivity contribution in [3.63, 3.8) is 0 Å². The smallest absolute Gasteiger partial charge is 0.229 e. The molecule has 0 fully saturated rings. The highest BCUT2D eigenvalue weighted by Gasteiger charge is 2.32. The molecule has 0 atom stereocenters. The predicted molar refractivity (Wildman–Crippen MR) is 140 cm³/mol. The Bertz CT molecular complexity index is 949. The number of quaternary nitrogens is 2. The molecule has 4 heterocycles. The van der Waals surface area contributed by atoms with Crippen LogP contribution in [0, 0.1) is 0 Å². The van der Waals surface area contributed by atoms with Gasteiger partial charge in [-0.05, 0) is 49.9 Å². The number of nitrogens with zero attached hydrogens (tertiary/aromatic N) is 6. The van der Waals surface area contributed by atoms with Crippen molar-refractivity contribution in [3.8, 4) is 0 Å². The van der Waals surface area contributed by atoms with Gasteiger partial charge in [0.15, 0.2) is 0 Å². The van der Waals surface area contributed by atoms with Crippen LogP contribution in [-0.2, 0) is 0 Å². The fourth-order valence-electron chi connectivity index (χ4n) is 4.49. The first-order chi connectivity index (χ1) is 16.6. The lowest BCUT2D eigenvalue weighted by atomic mass is 10.1. The minimum atomic E-state index is 0.608. The minimum Gasteiger partial charge on any atom is -0.229 e. The second-order valence-corrected chi connectivity index (χ2v) is 9.00. The SMILES string of the molecule is C[N+](CCCCCC[N+](C)(c1ccccn1)c1ccccn1)(c1ccccn1)c1ccccn1. The van der Waals surface area contributed by atoms with Crippen molar-refractivity contribution in [2.75, 3.05) is 27.2 Å². The van der Waals surface area contributed by atoms with Crippen LogP contribution in [-0.4, -0.2) is 47.1 Å². The molecule has 0 spiro atoms. The summed E-state index contributed by atoms with van der Waals surface area (Å²) in [6, 6.07) is 24.4. The van der Waals surface area contributed by atoms with E-state index in [2.05, 4.69) is 82.6 Å². The van der Waals surface area contributed by atoms with Gasteiger partial charge in [0.25, 0.3) is 0 Å². The van der Waals surface area contributed by atoms with Crippen molar-refractivity contribution >= 4 is 23.3 Å². The van der Waals surface area contributed by atoms with Crippen molar-refractivity contribution < 1.29 is 0 Å². The van der Waals surface area contributed by atoms with E-state index < -0.39 is 0 Å². The van der Waals surface area contributed by atoms with Crippen LogP contribution in [0.3, 0.4) is 0 Å². The van der Waals surface area contributed by atoms with E-state index in [-0.39, 0.29) is 0 Å². The second-order valence-electron chi connectivity index (χ2n) is 9.00. The molecule has 4 rings (SSSR count). The molecule has 4 aromatic heterocycles. The van der Waals surface area contributed by atoms with E-state index in [0.717, 1.165) is 62.0 Å². The van der Waals surface area contributed by atoms with Crippen LogP contribution < -0.4 is 8.97 Å². The fraction of sp³-hybridized carbons (Fsp3) is 0.286. The highest BCUT2D eigenvalue weighted by Crippen LogP contribution is 2.31. The molecule has 0 N–H and O–H groups in total. The Labute approximate surface area is 202 Å². The average Bonchev–Trinajstić information content (AvgIpc) is 2.92. The van der Waals surface area contributed by atoms with Crippen LogP contribution in [0.1, 0.15) is 25.7 Å². The van der Waals surface area contributed by atoms with Crippen LogP contribution in [0.25, 0.3) is 0 Å². The molecule has 6 heteroatoms. The summed E-state index contributed by atoms with van der Waals surface area (Å²) in [5.74, 6) is 4.10. The first-order valence-corrected chi connectivity index (χ1v) is 12.0. The Morgan fingerprint density at radius 1 is 0.441 bits per heavy atom. The maximum atomic E-state index is 4.66. The van der Waals surface area contributed by atoms with E-state index in [4.69, 9.17) is 0 Å². The largest absolute Gasteiger partial charge is 0.233 e. The zero-order valence-corrected chi connectivity index (χ0v) is 20.2. The molecule has 0 amide bonds. The molecule has 0 bridgehead atoms. The molecule has 4 aromatic rings. The first kappa shape index (κ1) is 23.7. The van der Waals surface area contributed by atoms with Crippen molar-refractivity contribution in [3.05, 3.63) is 97.6 Å². The number of aromatic nitrogens is 4. The van der Waals surface area contributed by atoms with E-state index >= 15 is 0 Å². The van der Waals surface area contributed by atoms with Gasteiger partial charge in [-0.3, -0.25) is 0 Å². The molecule has 0 aromatic carbocycles. The highest BCUT2D eigenvalue weighted by molar-refractivity contribution is 5.50. The van der Waals surface area contributed by atoms with Crippen molar-refractivity contribution in [2.45, 2.75) is 25.7 Å². The molecular weight excluding hydrogens is 420 g/mol. The quantitative estimate of drug-likeness (QED) is 0.204. The standard InChI is InChI=1S/C28H34N6/c1-33(25-15-5-9-19-29-25,26-16-6-10-20-30-26)23-13-3-4-14-24-34(2,27-17-7-11-21-31-27)28-18-8-12-22-32-28/h5-12,15-22H,3-4,13-14,23-24H2,1-2H3/q+2. The number of pyridine rings is 4. The number of unbranched alkanes of at least 4 members (excludes halogenated alkanes) is 3. The molecule has 0 radical (unpaired) electrons. The second kappa shape index (κ2) is 11.1. The Morgan fingerprint density at radius 3 is 0.971 bits per heavy atom. The summed E-state index contributed by atoms with van der Waals surface area (Å²) < 4.78 is 1.22. The van der Waals surface area contributed by atoms with Crippen LogP contribution >= 0.6 is 0 Å². The summed E-state index contributed by atoms with van der Waals surface area (Å²) in [6.07, 6.45) is 12.0. The van der Waals surface area contributed by atoms with Gasteiger partial charge in [-0.25, -0.2) is 28.9 Å². The average molecular weight is 455 g/mol. The minimum absolute atomic E-state index is 0.608. The van der Waals surface area contributed by atoms with Gasteiger partial charge in [0.05, 0.1) is 27.2 Å².